The van der Waals surface area contributed by atoms with Crippen LogP contribution < -0.4 is 5.32 Å². The van der Waals surface area contributed by atoms with E-state index in [0.29, 0.717) is 26.1 Å². The molecule has 0 rings (SSSR count). The highest BCUT2D eigenvalue weighted by Gasteiger charge is 2.15. The third kappa shape index (κ3) is 8.68. The zero-order valence-electron chi connectivity index (χ0n) is 11.1. The highest BCUT2D eigenvalue weighted by Crippen LogP contribution is 2.00. The van der Waals surface area contributed by atoms with E-state index in [4.69, 9.17) is 9.47 Å². The normalized spacial score (nSPS) is 13.9. The second-order valence-electron chi connectivity index (χ2n) is 3.99. The van der Waals surface area contributed by atoms with Crippen LogP contribution in [0, 0.1) is 0 Å². The van der Waals surface area contributed by atoms with Crippen molar-refractivity contribution in [2.45, 2.75) is 52.6 Å². The van der Waals surface area contributed by atoms with Gasteiger partial charge in [0.05, 0.1) is 26.1 Å². The molecule has 0 aliphatic carbocycles. The number of carbonyl (C=O) groups is 2. The maximum Gasteiger partial charge on any atom is 0.307 e. The van der Waals surface area contributed by atoms with Crippen molar-refractivity contribution in [3.63, 3.8) is 0 Å². The summed E-state index contributed by atoms with van der Waals surface area (Å²) >= 11 is 0. The molecule has 2 atom stereocenters. The van der Waals surface area contributed by atoms with Crippen molar-refractivity contribution in [1.82, 2.24) is 5.32 Å². The molecule has 0 spiro atoms. The Kier molecular flexibility index (Phi) is 8.40. The molecular formula is C12H23NO4. The molecule has 0 aromatic rings. The van der Waals surface area contributed by atoms with Crippen LogP contribution in [0.1, 0.15) is 40.5 Å². The summed E-state index contributed by atoms with van der Waals surface area (Å²) in [5.74, 6) is -0.452. The van der Waals surface area contributed by atoms with E-state index in [1.54, 1.807) is 13.8 Å². The minimum absolute atomic E-state index is 0.0153. The van der Waals surface area contributed by atoms with Crippen LogP contribution in [0.5, 0.6) is 0 Å². The second-order valence-corrected chi connectivity index (χ2v) is 3.99. The van der Waals surface area contributed by atoms with E-state index >= 15 is 0 Å². The fourth-order valence-corrected chi connectivity index (χ4v) is 1.54. The van der Waals surface area contributed by atoms with Crippen LogP contribution in [0.25, 0.3) is 0 Å². The van der Waals surface area contributed by atoms with Crippen LogP contribution in [0.15, 0.2) is 0 Å². The standard InChI is InChI=1S/C12H23NO4/c1-5-16-11(14)7-9(3)13-10(4)8-12(15)17-6-2/h9-10,13H,5-8H2,1-4H3/t9-,10+. The quantitative estimate of drug-likeness (QED) is 0.652. The topological polar surface area (TPSA) is 64.6 Å². The Balaban J connectivity index is 3.82. The lowest BCUT2D eigenvalue weighted by Crippen LogP contribution is -2.37. The summed E-state index contributed by atoms with van der Waals surface area (Å²) in [6.45, 7) is 8.11. The summed E-state index contributed by atoms with van der Waals surface area (Å²) in [5, 5.41) is 3.16. The minimum atomic E-state index is -0.226. The highest BCUT2D eigenvalue weighted by molar-refractivity contribution is 5.70. The van der Waals surface area contributed by atoms with Gasteiger partial charge in [-0.05, 0) is 27.7 Å². The largest absolute Gasteiger partial charge is 0.466 e. The van der Waals surface area contributed by atoms with Crippen LogP contribution in [0.4, 0.5) is 0 Å². The Bertz CT molecular complexity index is 219. The predicted octanol–water partition coefficient (Wildman–Crippen LogP) is 1.26. The monoisotopic (exact) mass is 245 g/mol. The molecule has 0 aromatic heterocycles. The summed E-state index contributed by atoms with van der Waals surface area (Å²) in [7, 11) is 0. The molecule has 100 valence electrons. The Morgan fingerprint density at radius 3 is 1.59 bits per heavy atom. The van der Waals surface area contributed by atoms with Gasteiger partial charge in [-0.1, -0.05) is 0 Å². The molecule has 5 heteroatoms. The molecule has 0 aliphatic heterocycles. The van der Waals surface area contributed by atoms with Gasteiger partial charge in [-0.25, -0.2) is 0 Å². The van der Waals surface area contributed by atoms with Gasteiger partial charge in [-0.2, -0.15) is 0 Å². The molecule has 0 fully saturated rings. The van der Waals surface area contributed by atoms with Gasteiger partial charge in [-0.3, -0.25) is 9.59 Å². The Labute approximate surface area is 103 Å². The maximum atomic E-state index is 11.2. The SMILES string of the molecule is CCOC(=O)C[C@@H](C)N[C@@H](C)CC(=O)OCC. The van der Waals surface area contributed by atoms with Crippen molar-refractivity contribution in [2.24, 2.45) is 0 Å². The van der Waals surface area contributed by atoms with E-state index in [0.717, 1.165) is 0 Å². The third-order valence-electron chi connectivity index (χ3n) is 2.13. The number of nitrogens with one attached hydrogen (secondary N) is 1. The molecule has 5 nitrogen and oxygen atoms in total. The summed E-state index contributed by atoms with van der Waals surface area (Å²) in [4.78, 5) is 22.4. The molecule has 0 radical (unpaired) electrons. The van der Waals surface area contributed by atoms with Gasteiger partial charge >= 0.3 is 11.9 Å². The first kappa shape index (κ1) is 15.9. The maximum absolute atomic E-state index is 11.2. The van der Waals surface area contributed by atoms with E-state index in [-0.39, 0.29) is 24.0 Å². The molecular weight excluding hydrogens is 222 g/mol. The summed E-state index contributed by atoms with van der Waals surface area (Å²) in [6.07, 6.45) is 0.613. The Morgan fingerprint density at radius 2 is 1.29 bits per heavy atom. The van der Waals surface area contributed by atoms with Gasteiger partial charge in [0.15, 0.2) is 0 Å². The fraction of sp³-hybridized carbons (Fsp3) is 0.833. The molecule has 0 unspecified atom stereocenters. The zero-order chi connectivity index (χ0) is 13.3. The van der Waals surface area contributed by atoms with Crippen molar-refractivity contribution in [1.29, 1.82) is 0 Å². The minimum Gasteiger partial charge on any atom is -0.466 e. The van der Waals surface area contributed by atoms with Crippen molar-refractivity contribution in [3.05, 3.63) is 0 Å². The van der Waals surface area contributed by atoms with Crippen LogP contribution >= 0.6 is 0 Å². The van der Waals surface area contributed by atoms with E-state index < -0.39 is 0 Å². The number of esters is 2. The third-order valence-corrected chi connectivity index (χ3v) is 2.13. The predicted molar refractivity (Wildman–Crippen MR) is 64.6 cm³/mol. The second kappa shape index (κ2) is 8.98. The molecule has 17 heavy (non-hydrogen) atoms. The Hall–Kier alpha value is -1.10. The van der Waals surface area contributed by atoms with Gasteiger partial charge in [0, 0.05) is 12.1 Å². The molecule has 0 aromatic carbocycles. The first-order valence-electron chi connectivity index (χ1n) is 6.06. The van der Waals surface area contributed by atoms with Crippen molar-refractivity contribution in [2.75, 3.05) is 13.2 Å². The van der Waals surface area contributed by atoms with Crippen LogP contribution in [0.3, 0.4) is 0 Å². The van der Waals surface area contributed by atoms with Gasteiger partial charge in [0.1, 0.15) is 0 Å². The number of rotatable bonds is 8. The summed E-state index contributed by atoms with van der Waals surface area (Å²) in [5.41, 5.74) is 0. The van der Waals surface area contributed by atoms with Crippen LogP contribution in [-0.2, 0) is 19.1 Å². The average molecular weight is 245 g/mol. The average Bonchev–Trinajstić information content (AvgIpc) is 2.16. The molecule has 1 N–H and O–H groups in total. The molecule has 0 saturated carbocycles. The zero-order valence-corrected chi connectivity index (χ0v) is 11.1. The molecule has 0 aliphatic rings. The van der Waals surface area contributed by atoms with E-state index in [9.17, 15) is 9.59 Å². The first-order chi connectivity index (χ1) is 7.99. The molecule has 0 heterocycles. The van der Waals surface area contributed by atoms with Gasteiger partial charge in [0.2, 0.25) is 0 Å². The van der Waals surface area contributed by atoms with E-state index in [1.165, 1.54) is 0 Å². The lowest BCUT2D eigenvalue weighted by molar-refractivity contribution is -0.143. The molecule has 0 amide bonds. The van der Waals surface area contributed by atoms with Crippen molar-refractivity contribution in [3.8, 4) is 0 Å². The number of hydrogen-bond acceptors (Lipinski definition) is 5. The van der Waals surface area contributed by atoms with Gasteiger partial charge in [0.25, 0.3) is 0 Å². The van der Waals surface area contributed by atoms with Crippen LogP contribution in [-0.4, -0.2) is 37.2 Å². The fourth-order valence-electron chi connectivity index (χ4n) is 1.54. The number of hydrogen-bond donors (Lipinski definition) is 1. The summed E-state index contributed by atoms with van der Waals surface area (Å²) < 4.78 is 9.69. The van der Waals surface area contributed by atoms with E-state index in [2.05, 4.69) is 5.32 Å². The smallest absolute Gasteiger partial charge is 0.307 e. The number of carbonyl (C=O) groups excluding carboxylic acids is 2. The van der Waals surface area contributed by atoms with Crippen molar-refractivity contribution < 1.29 is 19.1 Å². The van der Waals surface area contributed by atoms with E-state index in [1.807, 2.05) is 13.8 Å². The van der Waals surface area contributed by atoms with Crippen molar-refractivity contribution >= 4 is 11.9 Å². The van der Waals surface area contributed by atoms with Gasteiger partial charge in [-0.15, -0.1) is 0 Å². The summed E-state index contributed by atoms with van der Waals surface area (Å²) in [6, 6.07) is -0.0306. The molecule has 0 saturated heterocycles. The van der Waals surface area contributed by atoms with Gasteiger partial charge < -0.3 is 14.8 Å². The lowest BCUT2D eigenvalue weighted by atomic mass is 10.1. The highest BCUT2D eigenvalue weighted by atomic mass is 16.5. The number of ether oxygens (including phenoxy) is 2. The Morgan fingerprint density at radius 1 is 0.941 bits per heavy atom. The lowest BCUT2D eigenvalue weighted by Gasteiger charge is -2.18. The first-order valence-corrected chi connectivity index (χ1v) is 6.06. The molecule has 0 bridgehead atoms. The van der Waals surface area contributed by atoms with Crippen LogP contribution in [0.2, 0.25) is 0 Å².